The molecule has 0 atom stereocenters. The first-order valence-electron chi connectivity index (χ1n) is 12.8. The zero-order valence-corrected chi connectivity index (χ0v) is 23.7. The summed E-state index contributed by atoms with van der Waals surface area (Å²) < 4.78 is 62.7. The molecular weight excluding hydrogens is 612 g/mol. The highest BCUT2D eigenvalue weighted by atomic mass is 32.2. The molecule has 0 saturated carbocycles. The number of rotatable bonds is 6. The van der Waals surface area contributed by atoms with Gasteiger partial charge < -0.3 is 0 Å². The van der Waals surface area contributed by atoms with E-state index in [1.165, 1.54) is 36.4 Å². The molecule has 7 aromatic rings. The van der Waals surface area contributed by atoms with Crippen LogP contribution in [0.25, 0.3) is 43.1 Å². The van der Waals surface area contributed by atoms with Gasteiger partial charge in [-0.25, -0.2) is 0 Å². The van der Waals surface area contributed by atoms with E-state index >= 15 is 0 Å². The number of fused-ring (bicyclic) bond motifs is 4. The largest absolute Gasteiger partial charge is 0.357 e. The van der Waals surface area contributed by atoms with Gasteiger partial charge in [-0.3, -0.25) is 27.7 Å². The van der Waals surface area contributed by atoms with Crippen LogP contribution in [0.1, 0.15) is 0 Å². The summed E-state index contributed by atoms with van der Waals surface area (Å²) in [4.78, 5) is 52.1. The Labute approximate surface area is 246 Å². The molecule has 0 aliphatic rings. The number of benzene rings is 5. The van der Waals surface area contributed by atoms with Gasteiger partial charge in [0.05, 0.1) is 21.5 Å². The quantitative estimate of drug-likeness (QED) is 0.265. The Balaban J connectivity index is 1.33. The molecule has 0 unspecified atom stereocenters. The third-order valence-corrected chi connectivity index (χ3v) is 9.68. The van der Waals surface area contributed by atoms with Crippen molar-refractivity contribution in [2.75, 3.05) is 0 Å². The molecule has 0 saturated heterocycles. The van der Waals surface area contributed by atoms with E-state index in [1.807, 2.05) is 0 Å². The van der Waals surface area contributed by atoms with Crippen molar-refractivity contribution in [3.05, 3.63) is 138 Å². The summed E-state index contributed by atoms with van der Waals surface area (Å²) in [7, 11) is -9.41. The van der Waals surface area contributed by atoms with E-state index in [0.717, 1.165) is 12.1 Å². The number of hydrogen-bond donors (Lipinski definition) is 0. The van der Waals surface area contributed by atoms with Crippen LogP contribution in [0.5, 0.6) is 0 Å². The van der Waals surface area contributed by atoms with E-state index in [1.54, 1.807) is 48.5 Å². The van der Waals surface area contributed by atoms with Gasteiger partial charge in [0.25, 0.3) is 22.2 Å². The second kappa shape index (κ2) is 9.45. The molecule has 0 N–H and O–H groups in total. The molecule has 14 heteroatoms. The first-order valence-corrected chi connectivity index (χ1v) is 15.6. The smallest absolute Gasteiger partial charge is 0.277 e. The predicted molar refractivity (Wildman–Crippen MR) is 160 cm³/mol. The number of aromatic nitrogens is 2. The third kappa shape index (κ3) is 4.03. The molecule has 0 fully saturated rings. The Hall–Kier alpha value is -5.60. The molecule has 0 bridgehead atoms. The van der Waals surface area contributed by atoms with Crippen LogP contribution in [-0.2, 0) is 20.2 Å². The first-order chi connectivity index (χ1) is 21.0. The first kappa shape index (κ1) is 27.2. The van der Waals surface area contributed by atoms with Gasteiger partial charge in [0, 0.05) is 10.8 Å². The maximum atomic E-state index is 13.2. The highest BCUT2D eigenvalue weighted by Gasteiger charge is 2.28. The van der Waals surface area contributed by atoms with Gasteiger partial charge in [-0.05, 0) is 35.0 Å². The standard InChI is InChI=1S/C30H16N2O10S2/c33-27-21-15-23-24(30(36)32(29(23)35)42-44(39,40)26-14-6-10-18-8-2-4-12-20(18)26)16-22(21)28(34)31(27)41-43(37,38)25-13-5-9-17-7-1-3-11-19(17)25/h1-16H. The van der Waals surface area contributed by atoms with Crippen molar-refractivity contribution in [1.82, 2.24) is 9.46 Å². The van der Waals surface area contributed by atoms with Gasteiger partial charge >= 0.3 is 20.2 Å². The average molecular weight is 629 g/mol. The normalized spacial score (nSPS) is 12.4. The minimum atomic E-state index is -4.70. The van der Waals surface area contributed by atoms with E-state index in [2.05, 4.69) is 0 Å². The molecule has 7 rings (SSSR count). The maximum Gasteiger partial charge on any atom is 0.357 e. The summed E-state index contributed by atoms with van der Waals surface area (Å²) in [5.74, 6) is 0. The van der Waals surface area contributed by atoms with E-state index in [4.69, 9.17) is 8.57 Å². The summed E-state index contributed by atoms with van der Waals surface area (Å²) in [5.41, 5.74) is -4.83. The van der Waals surface area contributed by atoms with Crippen molar-refractivity contribution >= 4 is 63.3 Å². The van der Waals surface area contributed by atoms with Crippen molar-refractivity contribution in [2.24, 2.45) is 0 Å². The zero-order chi connectivity index (χ0) is 31.0. The summed E-state index contributed by atoms with van der Waals surface area (Å²) in [6.07, 6.45) is 0. The zero-order valence-electron chi connectivity index (χ0n) is 22.0. The van der Waals surface area contributed by atoms with Crippen LogP contribution in [0.4, 0.5) is 0 Å². The van der Waals surface area contributed by atoms with Crippen molar-refractivity contribution < 1.29 is 25.4 Å². The summed E-state index contributed by atoms with van der Waals surface area (Å²) in [6.45, 7) is 0. The summed E-state index contributed by atoms with van der Waals surface area (Å²) >= 11 is 0. The molecule has 218 valence electrons. The van der Waals surface area contributed by atoms with Crippen molar-refractivity contribution in [3.63, 3.8) is 0 Å². The topological polar surface area (TPSA) is 165 Å². The van der Waals surface area contributed by atoms with E-state index in [-0.39, 0.29) is 19.3 Å². The third-order valence-electron chi connectivity index (χ3n) is 7.20. The summed E-state index contributed by atoms with van der Waals surface area (Å²) in [6, 6.07) is 23.6. The van der Waals surface area contributed by atoms with Gasteiger partial charge in [-0.2, -0.15) is 16.8 Å². The lowest BCUT2D eigenvalue weighted by atomic mass is 10.1. The molecule has 0 aliphatic carbocycles. The van der Waals surface area contributed by atoms with E-state index in [0.29, 0.717) is 21.5 Å². The van der Waals surface area contributed by atoms with Gasteiger partial charge in [0.1, 0.15) is 9.79 Å². The molecule has 44 heavy (non-hydrogen) atoms. The Morgan fingerprint density at radius 1 is 0.409 bits per heavy atom. The average Bonchev–Trinajstić information content (AvgIpc) is 3.38. The highest BCUT2D eigenvalue weighted by Crippen LogP contribution is 2.25. The minimum Gasteiger partial charge on any atom is -0.277 e. The molecule has 0 radical (unpaired) electrons. The van der Waals surface area contributed by atoms with Crippen molar-refractivity contribution in [1.29, 1.82) is 0 Å². The molecule has 2 aromatic heterocycles. The molecule has 0 aliphatic heterocycles. The lowest BCUT2D eigenvalue weighted by Gasteiger charge is -2.08. The fraction of sp³-hybridized carbons (Fsp3) is 0. The maximum absolute atomic E-state index is 13.2. The summed E-state index contributed by atoms with van der Waals surface area (Å²) in [5, 5.41) is 0.0113. The molecule has 0 spiro atoms. The monoisotopic (exact) mass is 628 g/mol. The number of hydrogen-bond acceptors (Lipinski definition) is 10. The Kier molecular flexibility index (Phi) is 5.85. The second-order valence-electron chi connectivity index (χ2n) is 9.76. The van der Waals surface area contributed by atoms with Crippen LogP contribution in [0.15, 0.2) is 126 Å². The van der Waals surface area contributed by atoms with Crippen LogP contribution in [0.3, 0.4) is 0 Å². The van der Waals surface area contributed by atoms with Crippen LogP contribution in [-0.4, -0.2) is 26.3 Å². The molecule has 2 heterocycles. The van der Waals surface area contributed by atoms with Crippen molar-refractivity contribution in [2.45, 2.75) is 9.79 Å². The van der Waals surface area contributed by atoms with Gasteiger partial charge in [-0.15, -0.1) is 0 Å². The van der Waals surface area contributed by atoms with Crippen LogP contribution >= 0.6 is 0 Å². The SMILES string of the molecule is O=c1c2cc3c(=O)n(OS(=O)(=O)c4cccc5ccccc45)c(=O)c3cc2c(=O)n1OS(=O)(=O)c1cccc2ccccc12. The van der Waals surface area contributed by atoms with Crippen molar-refractivity contribution in [3.8, 4) is 0 Å². The van der Waals surface area contributed by atoms with Gasteiger partial charge in [0.15, 0.2) is 0 Å². The van der Waals surface area contributed by atoms with Crippen LogP contribution in [0.2, 0.25) is 0 Å². The van der Waals surface area contributed by atoms with Crippen LogP contribution < -0.4 is 30.8 Å². The molecule has 5 aromatic carbocycles. The second-order valence-corrected chi connectivity index (χ2v) is 12.8. The Morgan fingerprint density at radius 3 is 1.09 bits per heavy atom. The van der Waals surface area contributed by atoms with Crippen LogP contribution in [0, 0.1) is 0 Å². The highest BCUT2D eigenvalue weighted by molar-refractivity contribution is 7.87. The minimum absolute atomic E-state index is 0.0329. The lowest BCUT2D eigenvalue weighted by molar-refractivity contribution is 0.263. The van der Waals surface area contributed by atoms with Gasteiger partial charge in [0.2, 0.25) is 0 Å². The van der Waals surface area contributed by atoms with Gasteiger partial charge in [-0.1, -0.05) is 82.3 Å². The lowest BCUT2D eigenvalue weighted by Crippen LogP contribution is -2.36. The fourth-order valence-corrected chi connectivity index (χ4v) is 7.39. The van der Waals surface area contributed by atoms with E-state index in [9.17, 15) is 36.0 Å². The molecule has 12 nitrogen and oxygen atoms in total. The fourth-order valence-electron chi connectivity index (χ4n) is 5.17. The molecular formula is C30H16N2O10S2. The predicted octanol–water partition coefficient (Wildman–Crippen LogP) is 1.85. The molecule has 0 amide bonds. The Morgan fingerprint density at radius 2 is 0.727 bits per heavy atom. The number of nitrogens with zero attached hydrogens (tertiary/aromatic N) is 2. The Bertz CT molecular complexity index is 2510. The van der Waals surface area contributed by atoms with E-state index < -0.39 is 64.0 Å².